The van der Waals surface area contributed by atoms with Gasteiger partial charge in [0.15, 0.2) is 11.5 Å². The first-order valence-corrected chi connectivity index (χ1v) is 10.8. The molecular weight excluding hydrogens is 400 g/mol. The molecule has 2 aliphatic carbocycles. The van der Waals surface area contributed by atoms with Gasteiger partial charge in [-0.1, -0.05) is 19.4 Å². The number of benzene rings is 1. The fourth-order valence-corrected chi connectivity index (χ4v) is 4.83. The number of imide groups is 2. The van der Waals surface area contributed by atoms with Crippen LogP contribution in [0, 0.1) is 11.8 Å². The molecular formula is C23H26N2O6. The zero-order chi connectivity index (χ0) is 22.1. The molecule has 3 atom stereocenters. The maximum atomic E-state index is 13.2. The third-order valence-electron chi connectivity index (χ3n) is 6.26. The second-order valence-electron chi connectivity index (χ2n) is 8.20. The summed E-state index contributed by atoms with van der Waals surface area (Å²) in [4.78, 5) is 51.0. The molecule has 31 heavy (non-hydrogen) atoms. The van der Waals surface area contributed by atoms with Crippen LogP contribution in [-0.4, -0.2) is 41.4 Å². The van der Waals surface area contributed by atoms with Gasteiger partial charge in [0.2, 0.25) is 0 Å². The predicted octanol–water partition coefficient (Wildman–Crippen LogP) is 3.05. The van der Waals surface area contributed by atoms with E-state index in [1.807, 2.05) is 0 Å². The Morgan fingerprint density at radius 3 is 2.61 bits per heavy atom. The van der Waals surface area contributed by atoms with E-state index in [4.69, 9.17) is 9.47 Å². The lowest BCUT2D eigenvalue weighted by atomic mass is 9.93. The van der Waals surface area contributed by atoms with Gasteiger partial charge in [-0.05, 0) is 61.8 Å². The van der Waals surface area contributed by atoms with Crippen LogP contribution in [0.5, 0.6) is 11.5 Å². The molecule has 164 valence electrons. The summed E-state index contributed by atoms with van der Waals surface area (Å²) in [6.07, 6.45) is 5.65. The second kappa shape index (κ2) is 8.53. The second-order valence-corrected chi connectivity index (χ2v) is 8.20. The highest BCUT2D eigenvalue weighted by Crippen LogP contribution is 2.47. The van der Waals surface area contributed by atoms with E-state index in [-0.39, 0.29) is 23.8 Å². The Hall–Kier alpha value is -3.16. The highest BCUT2D eigenvalue weighted by Gasteiger charge is 2.49. The van der Waals surface area contributed by atoms with Gasteiger partial charge >= 0.3 is 12.0 Å². The summed E-state index contributed by atoms with van der Waals surface area (Å²) in [6.45, 7) is 3.84. The van der Waals surface area contributed by atoms with E-state index in [0.29, 0.717) is 29.8 Å². The summed E-state index contributed by atoms with van der Waals surface area (Å²) in [7, 11) is 0. The molecule has 0 aromatic heterocycles. The molecule has 0 unspecified atom stereocenters. The Morgan fingerprint density at radius 1 is 1.16 bits per heavy atom. The molecule has 4 amide bonds. The van der Waals surface area contributed by atoms with Crippen molar-refractivity contribution in [3.63, 3.8) is 0 Å². The minimum Gasteiger partial charge on any atom is -0.490 e. The van der Waals surface area contributed by atoms with Crippen molar-refractivity contribution in [2.45, 2.75) is 52.0 Å². The van der Waals surface area contributed by atoms with Gasteiger partial charge in [-0.15, -0.1) is 0 Å². The molecule has 3 aliphatic rings. The topological polar surface area (TPSA) is 102 Å². The van der Waals surface area contributed by atoms with E-state index in [1.54, 1.807) is 32.0 Å². The number of nitrogens with one attached hydrogen (secondary N) is 1. The minimum atomic E-state index is -0.714. The Morgan fingerprint density at radius 2 is 1.97 bits per heavy atom. The molecule has 2 bridgehead atoms. The third kappa shape index (κ3) is 4.06. The van der Waals surface area contributed by atoms with Crippen LogP contribution in [0.2, 0.25) is 0 Å². The van der Waals surface area contributed by atoms with Crippen molar-refractivity contribution < 1.29 is 28.7 Å². The number of hydrogen-bond donors (Lipinski definition) is 1. The van der Waals surface area contributed by atoms with E-state index in [2.05, 4.69) is 5.32 Å². The van der Waals surface area contributed by atoms with E-state index >= 15 is 0 Å². The number of ether oxygens (including phenoxy) is 2. The number of rotatable bonds is 6. The zero-order valence-electron chi connectivity index (χ0n) is 17.7. The first-order valence-electron chi connectivity index (χ1n) is 10.8. The van der Waals surface area contributed by atoms with Gasteiger partial charge in [0.05, 0.1) is 6.61 Å². The van der Waals surface area contributed by atoms with Crippen molar-refractivity contribution in [1.82, 2.24) is 10.2 Å². The van der Waals surface area contributed by atoms with Crippen LogP contribution in [0.25, 0.3) is 6.08 Å². The molecule has 8 heteroatoms. The molecule has 1 aromatic carbocycles. The van der Waals surface area contributed by atoms with Crippen LogP contribution in [0.4, 0.5) is 4.79 Å². The average Bonchev–Trinajstić information content (AvgIpc) is 3.36. The van der Waals surface area contributed by atoms with Crippen molar-refractivity contribution >= 4 is 29.9 Å². The molecule has 4 rings (SSSR count). The van der Waals surface area contributed by atoms with Crippen molar-refractivity contribution in [3.05, 3.63) is 29.3 Å². The number of esters is 1. The summed E-state index contributed by atoms with van der Waals surface area (Å²) in [5, 5.41) is 2.31. The number of nitrogens with zero attached hydrogens (tertiary/aromatic N) is 1. The molecule has 1 aliphatic heterocycles. The molecule has 2 saturated carbocycles. The normalized spacial score (nSPS) is 26.4. The van der Waals surface area contributed by atoms with Crippen LogP contribution >= 0.6 is 0 Å². The first-order chi connectivity index (χ1) is 14.9. The smallest absolute Gasteiger partial charge is 0.331 e. The lowest BCUT2D eigenvalue weighted by Crippen LogP contribution is -2.58. The lowest BCUT2D eigenvalue weighted by molar-refractivity contribution is -0.134. The van der Waals surface area contributed by atoms with Crippen molar-refractivity contribution in [2.75, 3.05) is 6.61 Å². The van der Waals surface area contributed by atoms with Gasteiger partial charge in [0.25, 0.3) is 11.8 Å². The largest absolute Gasteiger partial charge is 0.490 e. The number of barbiturate groups is 1. The van der Waals surface area contributed by atoms with Gasteiger partial charge in [-0.25, -0.2) is 4.79 Å². The third-order valence-corrected chi connectivity index (χ3v) is 6.26. The van der Waals surface area contributed by atoms with Crippen LogP contribution < -0.4 is 14.8 Å². The highest BCUT2D eigenvalue weighted by atomic mass is 16.6. The van der Waals surface area contributed by atoms with Gasteiger partial charge in [-0.2, -0.15) is 0 Å². The Balaban J connectivity index is 1.62. The van der Waals surface area contributed by atoms with Crippen LogP contribution in [0.15, 0.2) is 23.8 Å². The number of amides is 4. The molecule has 1 N–H and O–H groups in total. The number of carbonyl (C=O) groups is 4. The predicted molar refractivity (Wildman–Crippen MR) is 111 cm³/mol. The minimum absolute atomic E-state index is 0.0943. The van der Waals surface area contributed by atoms with Gasteiger partial charge in [-0.3, -0.25) is 24.6 Å². The SMILES string of the molecule is CCOc1cc(/C=C2/C(=O)NC(=O)N([C@@H]3C[C@H]4CC[C@H]3C4)C2=O)ccc1OC(=O)CC. The molecule has 8 nitrogen and oxygen atoms in total. The van der Waals surface area contributed by atoms with Crippen LogP contribution in [0.3, 0.4) is 0 Å². The standard InChI is InChI=1S/C23H26N2O6/c1-3-20(26)31-18-8-6-14(12-19(18)30-4-2)10-16-21(27)24-23(29)25(22(16)28)17-11-13-5-7-15(17)9-13/h6,8,10,12-13,15,17H,3-5,7,9,11H2,1-2H3,(H,24,27,29)/b16-10-/t13-,15-,17+/m0/s1. The molecule has 3 fully saturated rings. The van der Waals surface area contributed by atoms with Crippen LogP contribution in [-0.2, 0) is 14.4 Å². The average molecular weight is 426 g/mol. The van der Waals surface area contributed by atoms with Crippen molar-refractivity contribution in [3.8, 4) is 11.5 Å². The molecule has 1 saturated heterocycles. The van der Waals surface area contributed by atoms with E-state index in [0.717, 1.165) is 25.7 Å². The Bertz CT molecular complexity index is 969. The quantitative estimate of drug-likeness (QED) is 0.325. The molecule has 0 spiro atoms. The van der Waals surface area contributed by atoms with Gasteiger partial charge < -0.3 is 9.47 Å². The zero-order valence-corrected chi connectivity index (χ0v) is 17.7. The monoisotopic (exact) mass is 426 g/mol. The lowest BCUT2D eigenvalue weighted by Gasteiger charge is -2.35. The number of hydrogen-bond acceptors (Lipinski definition) is 6. The summed E-state index contributed by atoms with van der Waals surface area (Å²) in [6, 6.07) is 4.01. The van der Waals surface area contributed by atoms with Gasteiger partial charge in [0, 0.05) is 12.5 Å². The maximum Gasteiger partial charge on any atom is 0.331 e. The fourth-order valence-electron chi connectivity index (χ4n) is 4.83. The fraction of sp³-hybridized carbons (Fsp3) is 0.478. The Labute approximate surface area is 180 Å². The highest BCUT2D eigenvalue weighted by molar-refractivity contribution is 6.31. The number of urea groups is 1. The Kier molecular flexibility index (Phi) is 5.80. The molecule has 1 aromatic rings. The van der Waals surface area contributed by atoms with Gasteiger partial charge in [0.1, 0.15) is 5.57 Å². The van der Waals surface area contributed by atoms with E-state index in [1.165, 1.54) is 11.0 Å². The van der Waals surface area contributed by atoms with E-state index in [9.17, 15) is 19.2 Å². The summed E-state index contributed by atoms with van der Waals surface area (Å²) in [5.41, 5.74) is 0.434. The van der Waals surface area contributed by atoms with Crippen LogP contribution in [0.1, 0.15) is 51.5 Å². The summed E-state index contributed by atoms with van der Waals surface area (Å²) >= 11 is 0. The molecule has 1 heterocycles. The number of fused-ring (bicyclic) bond motifs is 2. The first kappa shape index (κ1) is 21.1. The summed E-state index contributed by atoms with van der Waals surface area (Å²) < 4.78 is 10.8. The molecule has 0 radical (unpaired) electrons. The van der Waals surface area contributed by atoms with Crippen molar-refractivity contribution in [1.29, 1.82) is 0 Å². The number of carbonyl (C=O) groups excluding carboxylic acids is 4. The summed E-state index contributed by atoms with van der Waals surface area (Å²) in [5.74, 6) is -0.204. The van der Waals surface area contributed by atoms with Crippen molar-refractivity contribution in [2.24, 2.45) is 11.8 Å². The van der Waals surface area contributed by atoms with E-state index < -0.39 is 23.8 Å². The maximum absolute atomic E-state index is 13.2.